The Morgan fingerprint density at radius 3 is 2.71 bits per heavy atom. The molecule has 0 spiro atoms. The van der Waals surface area contributed by atoms with Gasteiger partial charge in [-0.05, 0) is 31.2 Å². The molecule has 0 bridgehead atoms. The van der Waals surface area contributed by atoms with Gasteiger partial charge in [0.2, 0.25) is 5.91 Å². The van der Waals surface area contributed by atoms with Crippen LogP contribution in [0.5, 0.6) is 0 Å². The molecule has 0 saturated carbocycles. The molecule has 1 aliphatic heterocycles. The third-order valence-electron chi connectivity index (χ3n) is 4.25. The third kappa shape index (κ3) is 3.07. The van der Waals surface area contributed by atoms with Crippen molar-refractivity contribution in [3.05, 3.63) is 28.8 Å². The molecule has 0 aliphatic carbocycles. The van der Waals surface area contributed by atoms with Crippen LogP contribution in [0.2, 0.25) is 0 Å². The van der Waals surface area contributed by atoms with E-state index in [1.165, 1.54) is 18.3 Å². The first-order chi connectivity index (χ1) is 11.5. The molecule has 1 aliphatic rings. The summed E-state index contributed by atoms with van der Waals surface area (Å²) in [5.74, 6) is -0.584. The maximum Gasteiger partial charge on any atom is 0.259 e. The Morgan fingerprint density at radius 1 is 1.46 bits per heavy atom. The standard InChI is InChI=1S/C16H19N3O4S/c1-9(20)14-12(13(18-23-14)11-3-2-8-24-11)16(22)19-6-4-10(5-7-19)15(17)21/h2-3,8-10,20H,4-7H2,1H3,(H2,17,21)/t9-/m0/s1. The third-order valence-corrected chi connectivity index (χ3v) is 5.13. The van der Waals surface area contributed by atoms with Gasteiger partial charge in [0.1, 0.15) is 17.4 Å². The van der Waals surface area contributed by atoms with Crippen molar-refractivity contribution in [1.29, 1.82) is 0 Å². The summed E-state index contributed by atoms with van der Waals surface area (Å²) >= 11 is 1.45. The number of piperidine rings is 1. The van der Waals surface area contributed by atoms with Crippen molar-refractivity contribution in [2.24, 2.45) is 11.7 Å². The van der Waals surface area contributed by atoms with Crippen molar-refractivity contribution in [3.8, 4) is 10.6 Å². The Balaban J connectivity index is 1.89. The first kappa shape index (κ1) is 16.7. The largest absolute Gasteiger partial charge is 0.385 e. The zero-order chi connectivity index (χ0) is 17.3. The summed E-state index contributed by atoms with van der Waals surface area (Å²) < 4.78 is 5.24. The van der Waals surface area contributed by atoms with E-state index in [0.29, 0.717) is 37.2 Å². The molecule has 0 aromatic carbocycles. The number of thiophene rings is 1. The van der Waals surface area contributed by atoms with E-state index in [0.717, 1.165) is 4.88 Å². The van der Waals surface area contributed by atoms with Crippen molar-refractivity contribution in [1.82, 2.24) is 10.1 Å². The molecule has 2 aromatic heterocycles. The second kappa shape index (κ2) is 6.74. The van der Waals surface area contributed by atoms with Crippen LogP contribution in [0.15, 0.2) is 22.0 Å². The van der Waals surface area contributed by atoms with Crippen LogP contribution < -0.4 is 5.73 Å². The molecule has 0 unspecified atom stereocenters. The van der Waals surface area contributed by atoms with Gasteiger partial charge in [0.25, 0.3) is 5.91 Å². The highest BCUT2D eigenvalue weighted by atomic mass is 32.1. The molecular formula is C16H19N3O4S. The molecule has 3 rings (SSSR count). The summed E-state index contributed by atoms with van der Waals surface area (Å²) in [7, 11) is 0. The zero-order valence-corrected chi connectivity index (χ0v) is 14.1. The molecule has 1 saturated heterocycles. The van der Waals surface area contributed by atoms with Crippen molar-refractivity contribution < 1.29 is 19.2 Å². The lowest BCUT2D eigenvalue weighted by atomic mass is 9.95. The maximum absolute atomic E-state index is 13.0. The van der Waals surface area contributed by atoms with E-state index in [9.17, 15) is 14.7 Å². The quantitative estimate of drug-likeness (QED) is 0.874. The predicted octanol–water partition coefficient (Wildman–Crippen LogP) is 1.79. The van der Waals surface area contributed by atoms with Crippen LogP contribution in [0.3, 0.4) is 0 Å². The fraction of sp³-hybridized carbons (Fsp3) is 0.438. The number of nitrogens with two attached hydrogens (primary N) is 1. The predicted molar refractivity (Wildman–Crippen MR) is 88.3 cm³/mol. The van der Waals surface area contributed by atoms with Gasteiger partial charge in [0, 0.05) is 19.0 Å². The Bertz CT molecular complexity index is 731. The smallest absolute Gasteiger partial charge is 0.259 e. The zero-order valence-electron chi connectivity index (χ0n) is 13.3. The molecule has 3 heterocycles. The number of carbonyl (C=O) groups excluding carboxylic acids is 2. The molecule has 2 aromatic rings. The summed E-state index contributed by atoms with van der Waals surface area (Å²) in [5.41, 5.74) is 6.08. The van der Waals surface area contributed by atoms with Gasteiger partial charge in [0.05, 0.1) is 4.88 Å². The number of primary amides is 1. The van der Waals surface area contributed by atoms with Crippen molar-refractivity contribution >= 4 is 23.2 Å². The first-order valence-electron chi connectivity index (χ1n) is 7.79. The van der Waals surface area contributed by atoms with Crippen LogP contribution in [0, 0.1) is 5.92 Å². The molecule has 2 amide bonds. The van der Waals surface area contributed by atoms with Crippen molar-refractivity contribution in [2.75, 3.05) is 13.1 Å². The van der Waals surface area contributed by atoms with E-state index >= 15 is 0 Å². The number of amides is 2. The summed E-state index contributed by atoms with van der Waals surface area (Å²) in [6.07, 6.45) is 0.156. The lowest BCUT2D eigenvalue weighted by Crippen LogP contribution is -2.42. The number of carbonyl (C=O) groups is 2. The Hall–Kier alpha value is -2.19. The van der Waals surface area contributed by atoms with Gasteiger partial charge in [-0.3, -0.25) is 9.59 Å². The number of nitrogens with zero attached hydrogens (tertiary/aromatic N) is 2. The number of aliphatic hydroxyl groups is 1. The average Bonchev–Trinajstić information content (AvgIpc) is 3.23. The lowest BCUT2D eigenvalue weighted by molar-refractivity contribution is -0.123. The summed E-state index contributed by atoms with van der Waals surface area (Å²) in [4.78, 5) is 26.7. The van der Waals surface area contributed by atoms with Gasteiger partial charge in [0.15, 0.2) is 5.76 Å². The number of hydrogen-bond acceptors (Lipinski definition) is 6. The molecule has 7 nitrogen and oxygen atoms in total. The van der Waals surface area contributed by atoms with Crippen molar-refractivity contribution in [2.45, 2.75) is 25.9 Å². The highest BCUT2D eigenvalue weighted by molar-refractivity contribution is 7.13. The fourth-order valence-corrected chi connectivity index (χ4v) is 3.61. The maximum atomic E-state index is 13.0. The van der Waals surface area contributed by atoms with Gasteiger partial charge < -0.3 is 20.3 Å². The molecule has 24 heavy (non-hydrogen) atoms. The van der Waals surface area contributed by atoms with Gasteiger partial charge in [-0.1, -0.05) is 11.2 Å². The van der Waals surface area contributed by atoms with E-state index in [-0.39, 0.29) is 23.5 Å². The SMILES string of the molecule is C[C@H](O)c1onc(-c2cccs2)c1C(=O)N1CCC(C(N)=O)CC1. The van der Waals surface area contributed by atoms with Crippen molar-refractivity contribution in [3.63, 3.8) is 0 Å². The Kier molecular flexibility index (Phi) is 4.68. The number of aromatic nitrogens is 1. The van der Waals surface area contributed by atoms with Gasteiger partial charge >= 0.3 is 0 Å². The minimum atomic E-state index is -0.937. The highest BCUT2D eigenvalue weighted by Gasteiger charge is 2.33. The van der Waals surface area contributed by atoms with Gasteiger partial charge in [-0.15, -0.1) is 11.3 Å². The minimum Gasteiger partial charge on any atom is -0.385 e. The highest BCUT2D eigenvalue weighted by Crippen LogP contribution is 2.33. The van der Waals surface area contributed by atoms with Crippen LogP contribution in [-0.4, -0.2) is 40.1 Å². The normalized spacial score (nSPS) is 17.0. The van der Waals surface area contributed by atoms with Gasteiger partial charge in [-0.2, -0.15) is 0 Å². The monoisotopic (exact) mass is 349 g/mol. The Morgan fingerprint density at radius 2 is 2.17 bits per heavy atom. The van der Waals surface area contributed by atoms with Crippen LogP contribution in [0.25, 0.3) is 10.6 Å². The number of likely N-dealkylation sites (tertiary alicyclic amines) is 1. The van der Waals surface area contributed by atoms with E-state index in [1.807, 2.05) is 17.5 Å². The second-order valence-corrected chi connectivity index (χ2v) is 6.84. The Labute approximate surface area is 143 Å². The number of rotatable bonds is 4. The minimum absolute atomic E-state index is 0.167. The first-order valence-corrected chi connectivity index (χ1v) is 8.67. The number of aliphatic hydroxyl groups excluding tert-OH is 1. The lowest BCUT2D eigenvalue weighted by Gasteiger charge is -2.30. The molecule has 8 heteroatoms. The van der Waals surface area contributed by atoms with Gasteiger partial charge in [-0.25, -0.2) is 0 Å². The van der Waals surface area contributed by atoms with E-state index in [4.69, 9.17) is 10.3 Å². The summed E-state index contributed by atoms with van der Waals surface area (Å²) in [6, 6.07) is 3.72. The molecule has 1 fully saturated rings. The van der Waals surface area contributed by atoms with E-state index < -0.39 is 6.10 Å². The average molecular weight is 349 g/mol. The molecule has 128 valence electrons. The molecular weight excluding hydrogens is 330 g/mol. The molecule has 1 atom stereocenters. The van der Waals surface area contributed by atoms with Crippen LogP contribution >= 0.6 is 11.3 Å². The number of hydrogen-bond donors (Lipinski definition) is 2. The fourth-order valence-electron chi connectivity index (χ4n) is 2.90. The van der Waals surface area contributed by atoms with Crippen LogP contribution in [-0.2, 0) is 4.79 Å². The van der Waals surface area contributed by atoms with E-state index in [1.54, 1.807) is 4.90 Å². The summed E-state index contributed by atoms with van der Waals surface area (Å²) in [6.45, 7) is 2.43. The topological polar surface area (TPSA) is 110 Å². The second-order valence-electron chi connectivity index (χ2n) is 5.89. The molecule has 0 radical (unpaired) electrons. The van der Waals surface area contributed by atoms with E-state index in [2.05, 4.69) is 5.16 Å². The van der Waals surface area contributed by atoms with Crippen LogP contribution in [0.4, 0.5) is 0 Å². The van der Waals surface area contributed by atoms with Crippen LogP contribution in [0.1, 0.15) is 42.0 Å². The summed E-state index contributed by atoms with van der Waals surface area (Å²) in [5, 5.41) is 15.8. The molecule has 3 N–H and O–H groups in total.